The molecule has 1 unspecified atom stereocenters. The van der Waals surface area contributed by atoms with Gasteiger partial charge in [0.1, 0.15) is 0 Å². The van der Waals surface area contributed by atoms with Gasteiger partial charge in [0, 0.05) is 18.9 Å². The molecule has 18 heavy (non-hydrogen) atoms. The molecule has 0 spiro atoms. The third kappa shape index (κ3) is 6.83. The van der Waals surface area contributed by atoms with Crippen LogP contribution in [-0.2, 0) is 6.54 Å². The second-order valence-corrected chi connectivity index (χ2v) is 5.44. The van der Waals surface area contributed by atoms with Crippen LogP contribution in [-0.4, -0.2) is 9.55 Å². The summed E-state index contributed by atoms with van der Waals surface area (Å²) in [5.41, 5.74) is 0. The van der Waals surface area contributed by atoms with Gasteiger partial charge in [-0.15, -0.1) is 0 Å². The summed E-state index contributed by atoms with van der Waals surface area (Å²) in [5, 5.41) is 0. The second-order valence-electron chi connectivity index (χ2n) is 5.44. The predicted octanol–water partition coefficient (Wildman–Crippen LogP) is 5.05. The van der Waals surface area contributed by atoms with Crippen molar-refractivity contribution < 1.29 is 0 Å². The van der Waals surface area contributed by atoms with Crippen molar-refractivity contribution in [3.8, 4) is 0 Å². The SMILES string of the molecule is CCCCCCCCCC(CC)Cn1ccnc1. The minimum absolute atomic E-state index is 0.829. The van der Waals surface area contributed by atoms with Crippen LogP contribution in [0.4, 0.5) is 0 Å². The quantitative estimate of drug-likeness (QED) is 0.502. The van der Waals surface area contributed by atoms with Gasteiger partial charge in [-0.2, -0.15) is 0 Å². The van der Waals surface area contributed by atoms with Crippen molar-refractivity contribution in [3.63, 3.8) is 0 Å². The maximum Gasteiger partial charge on any atom is 0.0945 e. The summed E-state index contributed by atoms with van der Waals surface area (Å²) in [4.78, 5) is 4.11. The van der Waals surface area contributed by atoms with Crippen LogP contribution in [0.3, 0.4) is 0 Å². The van der Waals surface area contributed by atoms with Crippen LogP contribution in [0.25, 0.3) is 0 Å². The molecule has 0 aliphatic heterocycles. The summed E-state index contributed by atoms with van der Waals surface area (Å²) >= 11 is 0. The molecule has 0 aromatic carbocycles. The Bertz CT molecular complexity index is 267. The Labute approximate surface area is 113 Å². The lowest BCUT2D eigenvalue weighted by Gasteiger charge is -2.15. The van der Waals surface area contributed by atoms with Gasteiger partial charge in [-0.3, -0.25) is 0 Å². The highest BCUT2D eigenvalue weighted by Crippen LogP contribution is 2.17. The normalized spacial score (nSPS) is 12.8. The largest absolute Gasteiger partial charge is 0.337 e. The van der Waals surface area contributed by atoms with E-state index in [0.717, 1.165) is 12.5 Å². The lowest BCUT2D eigenvalue weighted by Crippen LogP contribution is -2.08. The molecule has 2 nitrogen and oxygen atoms in total. The average Bonchev–Trinajstić information content (AvgIpc) is 2.89. The maximum atomic E-state index is 4.11. The highest BCUT2D eigenvalue weighted by molar-refractivity contribution is 4.75. The smallest absolute Gasteiger partial charge is 0.0945 e. The van der Waals surface area contributed by atoms with E-state index in [1.54, 1.807) is 0 Å². The summed E-state index contributed by atoms with van der Waals surface area (Å²) in [6.45, 7) is 5.73. The van der Waals surface area contributed by atoms with Gasteiger partial charge in [0.25, 0.3) is 0 Å². The number of unbranched alkanes of at least 4 members (excludes halogenated alkanes) is 6. The summed E-state index contributed by atoms with van der Waals surface area (Å²) in [6, 6.07) is 0. The monoisotopic (exact) mass is 250 g/mol. The van der Waals surface area contributed by atoms with Crippen LogP contribution >= 0.6 is 0 Å². The van der Waals surface area contributed by atoms with E-state index in [1.807, 2.05) is 12.5 Å². The number of imidazole rings is 1. The van der Waals surface area contributed by atoms with E-state index in [4.69, 9.17) is 0 Å². The van der Waals surface area contributed by atoms with E-state index in [-0.39, 0.29) is 0 Å². The van der Waals surface area contributed by atoms with Gasteiger partial charge in [-0.25, -0.2) is 4.98 Å². The molecule has 1 atom stereocenters. The highest BCUT2D eigenvalue weighted by Gasteiger charge is 2.06. The summed E-state index contributed by atoms with van der Waals surface area (Å²) in [7, 11) is 0. The van der Waals surface area contributed by atoms with Crippen molar-refractivity contribution >= 4 is 0 Å². The Hall–Kier alpha value is -0.790. The van der Waals surface area contributed by atoms with Crippen LogP contribution in [0, 0.1) is 5.92 Å². The van der Waals surface area contributed by atoms with Crippen LogP contribution in [0.1, 0.15) is 71.6 Å². The van der Waals surface area contributed by atoms with E-state index >= 15 is 0 Å². The first-order chi connectivity index (χ1) is 8.86. The van der Waals surface area contributed by atoms with Gasteiger partial charge < -0.3 is 4.57 Å². The van der Waals surface area contributed by atoms with Crippen molar-refractivity contribution in [3.05, 3.63) is 18.7 Å². The van der Waals surface area contributed by atoms with Crippen molar-refractivity contribution in [2.45, 2.75) is 78.2 Å². The molecule has 1 aromatic heterocycles. The van der Waals surface area contributed by atoms with Gasteiger partial charge in [0.05, 0.1) is 6.33 Å². The minimum atomic E-state index is 0.829. The van der Waals surface area contributed by atoms with E-state index in [9.17, 15) is 0 Å². The van der Waals surface area contributed by atoms with Crippen molar-refractivity contribution in [1.29, 1.82) is 0 Å². The maximum absolute atomic E-state index is 4.11. The Kier molecular flexibility index (Phi) is 8.62. The molecule has 0 aliphatic carbocycles. The van der Waals surface area contributed by atoms with Gasteiger partial charge in [0.15, 0.2) is 0 Å². The molecule has 0 radical (unpaired) electrons. The van der Waals surface area contributed by atoms with Crippen LogP contribution in [0.5, 0.6) is 0 Å². The first-order valence-corrected chi connectivity index (χ1v) is 7.82. The molecule has 0 amide bonds. The first-order valence-electron chi connectivity index (χ1n) is 7.82. The number of rotatable bonds is 11. The Morgan fingerprint density at radius 3 is 2.33 bits per heavy atom. The fourth-order valence-corrected chi connectivity index (χ4v) is 2.51. The minimum Gasteiger partial charge on any atom is -0.337 e. The molecular weight excluding hydrogens is 220 g/mol. The average molecular weight is 250 g/mol. The molecule has 1 aromatic rings. The van der Waals surface area contributed by atoms with Crippen molar-refractivity contribution in [2.24, 2.45) is 5.92 Å². The van der Waals surface area contributed by atoms with Crippen LogP contribution in [0.15, 0.2) is 18.7 Å². The molecule has 104 valence electrons. The van der Waals surface area contributed by atoms with Gasteiger partial charge in [-0.1, -0.05) is 65.2 Å². The topological polar surface area (TPSA) is 17.8 Å². The lowest BCUT2D eigenvalue weighted by molar-refractivity contribution is 0.383. The Balaban J connectivity index is 2.01. The van der Waals surface area contributed by atoms with Gasteiger partial charge in [0.2, 0.25) is 0 Å². The second kappa shape index (κ2) is 10.2. The zero-order chi connectivity index (χ0) is 13.1. The summed E-state index contributed by atoms with van der Waals surface area (Å²) in [6.07, 6.45) is 18.4. The molecule has 0 aliphatic rings. The molecule has 2 heteroatoms. The number of hydrogen-bond acceptors (Lipinski definition) is 1. The molecule has 0 bridgehead atoms. The predicted molar refractivity (Wildman–Crippen MR) is 78.6 cm³/mol. The Morgan fingerprint density at radius 1 is 1.00 bits per heavy atom. The summed E-state index contributed by atoms with van der Waals surface area (Å²) in [5.74, 6) is 0.829. The van der Waals surface area contributed by atoms with Crippen LogP contribution in [0.2, 0.25) is 0 Å². The third-order valence-electron chi connectivity index (χ3n) is 3.82. The fourth-order valence-electron chi connectivity index (χ4n) is 2.51. The molecule has 1 rings (SSSR count). The molecule has 0 N–H and O–H groups in total. The summed E-state index contributed by atoms with van der Waals surface area (Å²) < 4.78 is 2.22. The molecular formula is C16H30N2. The lowest BCUT2D eigenvalue weighted by atomic mass is 9.97. The standard InChI is InChI=1S/C16H30N2/c1-3-5-6-7-8-9-10-11-16(4-2)14-18-13-12-17-15-18/h12-13,15-16H,3-11,14H2,1-2H3. The zero-order valence-corrected chi connectivity index (χ0v) is 12.3. The number of hydrogen-bond donors (Lipinski definition) is 0. The van der Waals surface area contributed by atoms with Crippen molar-refractivity contribution in [1.82, 2.24) is 9.55 Å². The van der Waals surface area contributed by atoms with E-state index in [2.05, 4.69) is 29.6 Å². The highest BCUT2D eigenvalue weighted by atomic mass is 15.0. The number of nitrogens with zero attached hydrogens (tertiary/aromatic N) is 2. The van der Waals surface area contributed by atoms with Gasteiger partial charge >= 0.3 is 0 Å². The number of aromatic nitrogens is 2. The van der Waals surface area contributed by atoms with E-state index in [1.165, 1.54) is 57.8 Å². The van der Waals surface area contributed by atoms with E-state index < -0.39 is 0 Å². The van der Waals surface area contributed by atoms with Gasteiger partial charge in [-0.05, 0) is 12.3 Å². The molecule has 1 heterocycles. The Morgan fingerprint density at radius 2 is 1.72 bits per heavy atom. The zero-order valence-electron chi connectivity index (χ0n) is 12.3. The molecule has 0 saturated carbocycles. The molecule has 0 fully saturated rings. The van der Waals surface area contributed by atoms with E-state index in [0.29, 0.717) is 0 Å². The first kappa shape index (κ1) is 15.3. The van der Waals surface area contributed by atoms with Crippen molar-refractivity contribution in [2.75, 3.05) is 0 Å². The van der Waals surface area contributed by atoms with Crippen LogP contribution < -0.4 is 0 Å². The fraction of sp³-hybridized carbons (Fsp3) is 0.812. The molecule has 0 saturated heterocycles. The third-order valence-corrected chi connectivity index (χ3v) is 3.82.